The highest BCUT2D eigenvalue weighted by Gasteiger charge is 2.20. The predicted octanol–water partition coefficient (Wildman–Crippen LogP) is 3.93. The number of hydrogen-bond donors (Lipinski definition) is 0. The van der Waals surface area contributed by atoms with Gasteiger partial charge < -0.3 is 9.47 Å². The van der Waals surface area contributed by atoms with E-state index in [9.17, 15) is 4.79 Å². The molecule has 0 aliphatic heterocycles. The van der Waals surface area contributed by atoms with Gasteiger partial charge in [0.2, 0.25) is 0 Å². The molecule has 0 aliphatic carbocycles. The fourth-order valence-electron chi connectivity index (χ4n) is 2.68. The van der Waals surface area contributed by atoms with Crippen molar-refractivity contribution in [3.05, 3.63) is 34.9 Å². The molecule has 0 fully saturated rings. The van der Waals surface area contributed by atoms with Crippen LogP contribution in [0.3, 0.4) is 0 Å². The van der Waals surface area contributed by atoms with E-state index < -0.39 is 0 Å². The normalized spacial score (nSPS) is 10.6. The third-order valence-corrected chi connectivity index (χ3v) is 3.54. The first-order chi connectivity index (χ1) is 9.67. The predicted molar refractivity (Wildman–Crippen MR) is 81.2 cm³/mol. The molecular weight excluding hydrogens is 252 g/mol. The molecule has 0 unspecified atom stereocenters. The van der Waals surface area contributed by atoms with Crippen molar-refractivity contribution in [2.75, 3.05) is 14.2 Å². The van der Waals surface area contributed by atoms with Crippen molar-refractivity contribution in [3.63, 3.8) is 0 Å². The molecule has 3 heteroatoms. The summed E-state index contributed by atoms with van der Waals surface area (Å²) < 4.78 is 11.0. The second-order valence-electron chi connectivity index (χ2n) is 4.88. The lowest BCUT2D eigenvalue weighted by atomic mass is 9.94. The molecule has 3 nitrogen and oxygen atoms in total. The Hall–Kier alpha value is -2.03. The minimum Gasteiger partial charge on any atom is -0.493 e. The summed E-state index contributed by atoms with van der Waals surface area (Å²) in [6.45, 7) is 4.17. The number of hydrogen-bond acceptors (Lipinski definition) is 3. The highest BCUT2D eigenvalue weighted by molar-refractivity contribution is 6.04. The molecule has 0 N–H and O–H groups in total. The number of fused-ring (bicyclic) bond motifs is 1. The van der Waals surface area contributed by atoms with E-state index in [-0.39, 0.29) is 0 Å². The van der Waals surface area contributed by atoms with Gasteiger partial charge in [0, 0.05) is 5.56 Å². The van der Waals surface area contributed by atoms with Gasteiger partial charge in [0.15, 0.2) is 17.8 Å². The van der Waals surface area contributed by atoms with Crippen LogP contribution in [0.15, 0.2) is 18.2 Å². The second-order valence-corrected chi connectivity index (χ2v) is 4.88. The first kappa shape index (κ1) is 14.4. The van der Waals surface area contributed by atoms with Crippen molar-refractivity contribution in [1.29, 1.82) is 0 Å². The fourth-order valence-corrected chi connectivity index (χ4v) is 2.68. The zero-order chi connectivity index (χ0) is 14.7. The molecular formula is C17H20O3. The van der Waals surface area contributed by atoms with E-state index in [0.717, 1.165) is 35.5 Å². The Morgan fingerprint density at radius 1 is 1.10 bits per heavy atom. The lowest BCUT2D eigenvalue weighted by molar-refractivity contribution is 0.112. The van der Waals surface area contributed by atoms with E-state index in [1.807, 2.05) is 19.1 Å². The molecule has 2 rings (SSSR count). The summed E-state index contributed by atoms with van der Waals surface area (Å²) in [7, 11) is 3.19. The van der Waals surface area contributed by atoms with Crippen LogP contribution in [0, 0.1) is 6.92 Å². The van der Waals surface area contributed by atoms with Crippen LogP contribution in [-0.2, 0) is 6.42 Å². The van der Waals surface area contributed by atoms with Gasteiger partial charge in [-0.2, -0.15) is 0 Å². The number of aldehydes is 1. The maximum Gasteiger partial charge on any atom is 0.172 e. The maximum absolute atomic E-state index is 11.5. The Balaban J connectivity index is 2.96. The van der Waals surface area contributed by atoms with Crippen molar-refractivity contribution >= 4 is 17.1 Å². The summed E-state index contributed by atoms with van der Waals surface area (Å²) in [5, 5.41) is 2.00. The highest BCUT2D eigenvalue weighted by atomic mass is 16.5. The molecule has 0 aliphatic rings. The van der Waals surface area contributed by atoms with Crippen molar-refractivity contribution in [1.82, 2.24) is 0 Å². The van der Waals surface area contributed by atoms with Crippen molar-refractivity contribution in [2.45, 2.75) is 26.7 Å². The molecule has 0 atom stereocenters. The minimum atomic E-state index is 0.530. The first-order valence-electron chi connectivity index (χ1n) is 6.80. The average Bonchev–Trinajstić information content (AvgIpc) is 2.46. The van der Waals surface area contributed by atoms with Crippen LogP contribution in [0.5, 0.6) is 11.5 Å². The molecule has 0 saturated carbocycles. The van der Waals surface area contributed by atoms with Gasteiger partial charge in [0.05, 0.1) is 19.8 Å². The van der Waals surface area contributed by atoms with Gasteiger partial charge in [-0.05, 0) is 24.1 Å². The molecule has 0 aromatic heterocycles. The summed E-state index contributed by atoms with van der Waals surface area (Å²) >= 11 is 0. The number of methoxy groups -OCH3 is 2. The Kier molecular flexibility index (Phi) is 4.28. The lowest BCUT2D eigenvalue weighted by Gasteiger charge is -2.18. The number of aryl methyl sites for hydroxylation is 2. The van der Waals surface area contributed by atoms with Gasteiger partial charge in [-0.15, -0.1) is 0 Å². The lowest BCUT2D eigenvalue weighted by Crippen LogP contribution is -2.02. The van der Waals surface area contributed by atoms with Crippen LogP contribution < -0.4 is 9.47 Å². The van der Waals surface area contributed by atoms with Gasteiger partial charge in [0.1, 0.15) is 0 Å². The molecule has 106 valence electrons. The monoisotopic (exact) mass is 272 g/mol. The van der Waals surface area contributed by atoms with Crippen molar-refractivity contribution in [2.24, 2.45) is 0 Å². The average molecular weight is 272 g/mol. The Morgan fingerprint density at radius 3 is 2.35 bits per heavy atom. The van der Waals surface area contributed by atoms with E-state index in [4.69, 9.17) is 9.47 Å². The molecule has 0 bridgehead atoms. The molecule has 0 radical (unpaired) electrons. The van der Waals surface area contributed by atoms with E-state index in [0.29, 0.717) is 17.1 Å². The van der Waals surface area contributed by atoms with Crippen LogP contribution in [0.25, 0.3) is 10.8 Å². The minimum absolute atomic E-state index is 0.530. The van der Waals surface area contributed by atoms with E-state index >= 15 is 0 Å². The van der Waals surface area contributed by atoms with E-state index in [1.165, 1.54) is 5.56 Å². The largest absolute Gasteiger partial charge is 0.493 e. The molecule has 20 heavy (non-hydrogen) atoms. The first-order valence-corrected chi connectivity index (χ1v) is 6.80. The number of carbonyl (C=O) groups excluding carboxylic acids is 1. The molecule has 0 saturated heterocycles. The molecule has 0 amide bonds. The summed E-state index contributed by atoms with van der Waals surface area (Å²) in [5.74, 6) is 1.21. The van der Waals surface area contributed by atoms with Crippen LogP contribution in [0.2, 0.25) is 0 Å². The Bertz CT molecular complexity index is 644. The SMILES string of the molecule is CCCc1c(OC)c(OC)c(C=O)c2ccc(C)cc12. The van der Waals surface area contributed by atoms with Crippen LogP contribution >= 0.6 is 0 Å². The number of benzene rings is 2. The number of ether oxygens (including phenoxy) is 2. The van der Waals surface area contributed by atoms with Crippen LogP contribution in [0.1, 0.15) is 34.8 Å². The molecule has 0 spiro atoms. The van der Waals surface area contributed by atoms with Crippen LogP contribution in [-0.4, -0.2) is 20.5 Å². The highest BCUT2D eigenvalue weighted by Crippen LogP contribution is 2.41. The van der Waals surface area contributed by atoms with Crippen molar-refractivity contribution in [3.8, 4) is 11.5 Å². The van der Waals surface area contributed by atoms with Crippen molar-refractivity contribution < 1.29 is 14.3 Å². The Morgan fingerprint density at radius 2 is 1.80 bits per heavy atom. The maximum atomic E-state index is 11.5. The third kappa shape index (κ3) is 2.24. The van der Waals surface area contributed by atoms with Gasteiger partial charge in [-0.25, -0.2) is 0 Å². The number of carbonyl (C=O) groups is 1. The molecule has 2 aromatic carbocycles. The molecule has 0 heterocycles. The van der Waals surface area contributed by atoms with E-state index in [2.05, 4.69) is 13.0 Å². The second kappa shape index (κ2) is 5.95. The summed E-state index contributed by atoms with van der Waals surface area (Å²) in [4.78, 5) is 11.5. The standard InChI is InChI=1S/C17H20O3/c1-5-6-13-14-9-11(2)7-8-12(14)15(10-18)17(20-4)16(13)19-3/h7-10H,5-6H2,1-4H3. The topological polar surface area (TPSA) is 35.5 Å². The summed E-state index contributed by atoms with van der Waals surface area (Å²) in [6.07, 6.45) is 2.73. The van der Waals surface area contributed by atoms with Crippen LogP contribution in [0.4, 0.5) is 0 Å². The zero-order valence-corrected chi connectivity index (χ0v) is 12.4. The Labute approximate surface area is 119 Å². The third-order valence-electron chi connectivity index (χ3n) is 3.54. The zero-order valence-electron chi connectivity index (χ0n) is 12.4. The summed E-state index contributed by atoms with van der Waals surface area (Å²) in [6, 6.07) is 6.10. The number of rotatable bonds is 5. The van der Waals surface area contributed by atoms with Gasteiger partial charge >= 0.3 is 0 Å². The van der Waals surface area contributed by atoms with E-state index in [1.54, 1.807) is 14.2 Å². The smallest absolute Gasteiger partial charge is 0.172 e. The van der Waals surface area contributed by atoms with Gasteiger partial charge in [-0.1, -0.05) is 37.1 Å². The fraction of sp³-hybridized carbons (Fsp3) is 0.353. The summed E-state index contributed by atoms with van der Waals surface area (Å²) in [5.41, 5.74) is 2.83. The van der Waals surface area contributed by atoms with Gasteiger partial charge in [-0.3, -0.25) is 4.79 Å². The quantitative estimate of drug-likeness (QED) is 0.774. The van der Waals surface area contributed by atoms with Gasteiger partial charge in [0.25, 0.3) is 0 Å². The molecule has 2 aromatic rings.